The van der Waals surface area contributed by atoms with Gasteiger partial charge in [-0.25, -0.2) is 4.98 Å². The van der Waals surface area contributed by atoms with Crippen LogP contribution in [0, 0.1) is 0 Å². The van der Waals surface area contributed by atoms with Crippen LogP contribution in [0.25, 0.3) is 5.52 Å². The quantitative estimate of drug-likeness (QED) is 0.755. The molecule has 0 aliphatic heterocycles. The second kappa shape index (κ2) is 3.67. The van der Waals surface area contributed by atoms with Crippen molar-refractivity contribution in [2.45, 2.75) is 12.8 Å². The SMILES string of the molecule is Nc1ccn2c(CCCO)ncc2c1. The Hall–Kier alpha value is -1.55. The summed E-state index contributed by atoms with van der Waals surface area (Å²) in [7, 11) is 0. The molecule has 2 aromatic heterocycles. The second-order valence-corrected chi connectivity index (χ2v) is 3.26. The van der Waals surface area contributed by atoms with Crippen molar-refractivity contribution in [2.24, 2.45) is 0 Å². The van der Waals surface area contributed by atoms with E-state index in [0.717, 1.165) is 29.9 Å². The van der Waals surface area contributed by atoms with Crippen LogP contribution >= 0.6 is 0 Å². The Balaban J connectivity index is 2.37. The number of aryl methyl sites for hydroxylation is 1. The lowest BCUT2D eigenvalue weighted by atomic mass is 10.3. The van der Waals surface area contributed by atoms with Crippen molar-refractivity contribution in [3.05, 3.63) is 30.4 Å². The van der Waals surface area contributed by atoms with Gasteiger partial charge in [0.25, 0.3) is 0 Å². The lowest BCUT2D eigenvalue weighted by Gasteiger charge is -2.00. The Labute approximate surface area is 82.0 Å². The molecular formula is C10H13N3O. The van der Waals surface area contributed by atoms with Crippen molar-refractivity contribution in [1.82, 2.24) is 9.38 Å². The Morgan fingerprint density at radius 2 is 2.36 bits per heavy atom. The van der Waals surface area contributed by atoms with Crippen molar-refractivity contribution in [2.75, 3.05) is 12.3 Å². The Morgan fingerprint density at radius 1 is 1.50 bits per heavy atom. The molecule has 74 valence electrons. The van der Waals surface area contributed by atoms with Gasteiger partial charge in [-0.2, -0.15) is 0 Å². The van der Waals surface area contributed by atoms with Crippen LogP contribution < -0.4 is 5.73 Å². The molecule has 14 heavy (non-hydrogen) atoms. The zero-order valence-electron chi connectivity index (χ0n) is 7.85. The molecule has 0 bridgehead atoms. The highest BCUT2D eigenvalue weighted by molar-refractivity contribution is 5.55. The first-order chi connectivity index (χ1) is 6.81. The second-order valence-electron chi connectivity index (χ2n) is 3.26. The Morgan fingerprint density at radius 3 is 3.14 bits per heavy atom. The van der Waals surface area contributed by atoms with E-state index < -0.39 is 0 Å². The van der Waals surface area contributed by atoms with Gasteiger partial charge in [0.1, 0.15) is 5.82 Å². The van der Waals surface area contributed by atoms with E-state index in [-0.39, 0.29) is 6.61 Å². The van der Waals surface area contributed by atoms with Gasteiger partial charge in [-0.05, 0) is 18.6 Å². The fourth-order valence-corrected chi connectivity index (χ4v) is 1.49. The van der Waals surface area contributed by atoms with E-state index in [9.17, 15) is 0 Å². The predicted octanol–water partition coefficient (Wildman–Crippen LogP) is 0.841. The van der Waals surface area contributed by atoms with Gasteiger partial charge in [0.05, 0.1) is 11.7 Å². The molecular weight excluding hydrogens is 178 g/mol. The summed E-state index contributed by atoms with van der Waals surface area (Å²) in [5.74, 6) is 0.967. The lowest BCUT2D eigenvalue weighted by molar-refractivity contribution is 0.287. The van der Waals surface area contributed by atoms with Crippen molar-refractivity contribution < 1.29 is 5.11 Å². The fourth-order valence-electron chi connectivity index (χ4n) is 1.49. The number of aromatic nitrogens is 2. The molecule has 0 spiro atoms. The molecule has 0 atom stereocenters. The minimum Gasteiger partial charge on any atom is -0.399 e. The van der Waals surface area contributed by atoms with Gasteiger partial charge in [-0.3, -0.25) is 0 Å². The smallest absolute Gasteiger partial charge is 0.113 e. The van der Waals surface area contributed by atoms with Crippen LogP contribution in [-0.4, -0.2) is 21.1 Å². The van der Waals surface area contributed by atoms with Crippen LogP contribution in [-0.2, 0) is 6.42 Å². The number of aliphatic hydroxyl groups is 1. The topological polar surface area (TPSA) is 63.5 Å². The van der Waals surface area contributed by atoms with Gasteiger partial charge in [-0.15, -0.1) is 0 Å². The number of anilines is 1. The van der Waals surface area contributed by atoms with Crippen molar-refractivity contribution in [1.29, 1.82) is 0 Å². The highest BCUT2D eigenvalue weighted by Gasteiger charge is 2.02. The van der Waals surface area contributed by atoms with Crippen LogP contribution in [0.3, 0.4) is 0 Å². The molecule has 2 heterocycles. The number of pyridine rings is 1. The molecule has 3 N–H and O–H groups in total. The average molecular weight is 191 g/mol. The molecule has 4 nitrogen and oxygen atoms in total. The number of hydrogen-bond donors (Lipinski definition) is 2. The summed E-state index contributed by atoms with van der Waals surface area (Å²) in [6.45, 7) is 0.198. The maximum absolute atomic E-state index is 8.72. The number of hydrogen-bond acceptors (Lipinski definition) is 3. The lowest BCUT2D eigenvalue weighted by Crippen LogP contribution is -1.97. The average Bonchev–Trinajstić information content (AvgIpc) is 2.57. The maximum atomic E-state index is 8.72. The van der Waals surface area contributed by atoms with Gasteiger partial charge in [0.15, 0.2) is 0 Å². The molecule has 0 fully saturated rings. The van der Waals surface area contributed by atoms with E-state index in [1.807, 2.05) is 22.7 Å². The number of nitrogen functional groups attached to an aromatic ring is 1. The van der Waals surface area contributed by atoms with Gasteiger partial charge in [0.2, 0.25) is 0 Å². The molecule has 0 aliphatic rings. The number of fused-ring (bicyclic) bond motifs is 1. The molecule has 0 radical (unpaired) electrons. The number of rotatable bonds is 3. The van der Waals surface area contributed by atoms with Gasteiger partial charge >= 0.3 is 0 Å². The first-order valence-corrected chi connectivity index (χ1v) is 4.63. The molecule has 2 aromatic rings. The molecule has 0 amide bonds. The third-order valence-electron chi connectivity index (χ3n) is 2.19. The Bertz CT molecular complexity index is 436. The molecule has 0 saturated heterocycles. The summed E-state index contributed by atoms with van der Waals surface area (Å²) in [4.78, 5) is 4.27. The largest absolute Gasteiger partial charge is 0.399 e. The van der Waals surface area contributed by atoms with Crippen LogP contribution in [0.2, 0.25) is 0 Å². The fraction of sp³-hybridized carbons (Fsp3) is 0.300. The molecule has 0 aromatic carbocycles. The van der Waals surface area contributed by atoms with E-state index in [1.165, 1.54) is 0 Å². The van der Waals surface area contributed by atoms with E-state index in [4.69, 9.17) is 10.8 Å². The molecule has 0 unspecified atom stereocenters. The van der Waals surface area contributed by atoms with Crippen molar-refractivity contribution >= 4 is 11.2 Å². The van der Waals surface area contributed by atoms with Crippen LogP contribution in [0.4, 0.5) is 5.69 Å². The van der Waals surface area contributed by atoms with Crippen LogP contribution in [0.15, 0.2) is 24.5 Å². The van der Waals surface area contributed by atoms with Crippen LogP contribution in [0.1, 0.15) is 12.2 Å². The number of aliphatic hydroxyl groups excluding tert-OH is 1. The van der Waals surface area contributed by atoms with Crippen molar-refractivity contribution in [3.8, 4) is 0 Å². The normalized spacial score (nSPS) is 10.9. The highest BCUT2D eigenvalue weighted by atomic mass is 16.2. The minimum absolute atomic E-state index is 0.198. The number of nitrogens with two attached hydrogens (primary N) is 1. The first-order valence-electron chi connectivity index (χ1n) is 4.63. The van der Waals surface area contributed by atoms with Gasteiger partial charge in [0, 0.05) is 24.9 Å². The highest BCUT2D eigenvalue weighted by Crippen LogP contribution is 2.11. The van der Waals surface area contributed by atoms with E-state index >= 15 is 0 Å². The van der Waals surface area contributed by atoms with Gasteiger partial charge < -0.3 is 15.2 Å². The summed E-state index contributed by atoms with van der Waals surface area (Å²) in [5, 5.41) is 8.72. The monoisotopic (exact) mass is 191 g/mol. The third-order valence-corrected chi connectivity index (χ3v) is 2.19. The van der Waals surface area contributed by atoms with E-state index in [1.54, 1.807) is 6.20 Å². The molecule has 4 heteroatoms. The standard InChI is InChI=1S/C10H13N3O/c11-8-3-4-13-9(6-8)7-12-10(13)2-1-5-14/h3-4,6-7,14H,1-2,5,11H2. The molecule has 0 saturated carbocycles. The van der Waals surface area contributed by atoms with Gasteiger partial charge in [-0.1, -0.05) is 0 Å². The number of imidazole rings is 1. The number of nitrogens with zero attached hydrogens (tertiary/aromatic N) is 2. The summed E-state index contributed by atoms with van der Waals surface area (Å²) < 4.78 is 1.99. The zero-order valence-corrected chi connectivity index (χ0v) is 7.85. The van der Waals surface area contributed by atoms with E-state index in [2.05, 4.69) is 4.98 Å². The molecule has 0 aliphatic carbocycles. The predicted molar refractivity (Wildman–Crippen MR) is 55.0 cm³/mol. The minimum atomic E-state index is 0.198. The first kappa shape index (κ1) is 9.02. The zero-order chi connectivity index (χ0) is 9.97. The van der Waals surface area contributed by atoms with E-state index in [0.29, 0.717) is 0 Å². The Kier molecular flexibility index (Phi) is 2.37. The van der Waals surface area contributed by atoms with Crippen LogP contribution in [0.5, 0.6) is 0 Å². The summed E-state index contributed by atoms with van der Waals surface area (Å²) in [6, 6.07) is 3.73. The molecule has 2 rings (SSSR count). The third kappa shape index (κ3) is 1.56. The summed E-state index contributed by atoms with van der Waals surface area (Å²) in [5.41, 5.74) is 7.39. The summed E-state index contributed by atoms with van der Waals surface area (Å²) >= 11 is 0. The maximum Gasteiger partial charge on any atom is 0.113 e. The summed E-state index contributed by atoms with van der Waals surface area (Å²) in [6.07, 6.45) is 5.23. The van der Waals surface area contributed by atoms with Crippen molar-refractivity contribution in [3.63, 3.8) is 0 Å².